The molecular weight excluding hydrogens is 254 g/mol. The molecule has 0 spiro atoms. The van der Waals surface area contributed by atoms with E-state index in [0.717, 1.165) is 23.2 Å². The van der Waals surface area contributed by atoms with Crippen LogP contribution in [0.4, 0.5) is 0 Å². The van der Waals surface area contributed by atoms with E-state index in [1.165, 1.54) is 7.11 Å². The average Bonchev–Trinajstić information content (AvgIpc) is 2.86. The Morgan fingerprint density at radius 1 is 1.30 bits per heavy atom. The molecule has 1 heterocycles. The Hall–Kier alpha value is -2.14. The first kappa shape index (κ1) is 14.3. The predicted molar refractivity (Wildman–Crippen MR) is 75.9 cm³/mol. The van der Waals surface area contributed by atoms with E-state index in [9.17, 15) is 4.79 Å². The monoisotopic (exact) mass is 273 g/mol. The fourth-order valence-electron chi connectivity index (χ4n) is 2.03. The topological polar surface area (TPSA) is 56.1 Å². The van der Waals surface area contributed by atoms with Gasteiger partial charge in [-0.25, -0.2) is 0 Å². The number of aryl methyl sites for hydroxylation is 1. The second-order valence-corrected chi connectivity index (χ2v) is 4.65. The van der Waals surface area contributed by atoms with Crippen molar-refractivity contribution < 1.29 is 9.53 Å². The number of aromatic nitrogens is 2. The number of carbonyl (C=O) groups excluding carboxylic acids is 1. The van der Waals surface area contributed by atoms with E-state index in [-0.39, 0.29) is 5.97 Å². The van der Waals surface area contributed by atoms with E-state index in [1.54, 1.807) is 4.68 Å². The molecule has 20 heavy (non-hydrogen) atoms. The zero-order valence-corrected chi connectivity index (χ0v) is 11.8. The molecule has 0 aliphatic rings. The maximum absolute atomic E-state index is 11.4. The van der Waals surface area contributed by atoms with Crippen LogP contribution in [0.3, 0.4) is 0 Å². The van der Waals surface area contributed by atoms with Crippen LogP contribution in [0.15, 0.2) is 36.7 Å². The van der Waals surface area contributed by atoms with E-state index in [0.29, 0.717) is 13.0 Å². The first-order valence-corrected chi connectivity index (χ1v) is 6.51. The van der Waals surface area contributed by atoms with Gasteiger partial charge in [0.1, 0.15) is 0 Å². The lowest BCUT2D eigenvalue weighted by Gasteiger charge is -2.09. The van der Waals surface area contributed by atoms with Crippen molar-refractivity contribution in [1.82, 2.24) is 15.1 Å². The number of hydrogen-bond acceptors (Lipinski definition) is 4. The summed E-state index contributed by atoms with van der Waals surface area (Å²) in [4.78, 5) is 11.4. The third-order valence-electron chi connectivity index (χ3n) is 3.08. The SMILES string of the molecule is COC(=O)Cc1ccccc1CNCc1cnn(C)c1. The van der Waals surface area contributed by atoms with Crippen LogP contribution in [0.2, 0.25) is 0 Å². The van der Waals surface area contributed by atoms with E-state index in [1.807, 2.05) is 43.7 Å². The summed E-state index contributed by atoms with van der Waals surface area (Å²) >= 11 is 0. The molecule has 1 N–H and O–H groups in total. The summed E-state index contributed by atoms with van der Waals surface area (Å²) in [6.45, 7) is 1.46. The summed E-state index contributed by atoms with van der Waals surface area (Å²) in [6.07, 6.45) is 4.13. The lowest BCUT2D eigenvalue weighted by atomic mass is 10.0. The van der Waals surface area contributed by atoms with Gasteiger partial charge in [0.25, 0.3) is 0 Å². The summed E-state index contributed by atoms with van der Waals surface area (Å²) in [5, 5.41) is 7.48. The average molecular weight is 273 g/mol. The number of carbonyl (C=O) groups is 1. The van der Waals surface area contributed by atoms with Crippen LogP contribution in [0.1, 0.15) is 16.7 Å². The number of benzene rings is 1. The molecule has 5 nitrogen and oxygen atoms in total. The van der Waals surface area contributed by atoms with E-state index >= 15 is 0 Å². The van der Waals surface area contributed by atoms with Crippen LogP contribution in [0, 0.1) is 0 Å². The van der Waals surface area contributed by atoms with Crippen molar-refractivity contribution in [3.63, 3.8) is 0 Å². The van der Waals surface area contributed by atoms with Gasteiger partial charge in [0, 0.05) is 31.9 Å². The highest BCUT2D eigenvalue weighted by atomic mass is 16.5. The molecule has 0 aliphatic heterocycles. The van der Waals surface area contributed by atoms with Gasteiger partial charge in [-0.3, -0.25) is 9.48 Å². The lowest BCUT2D eigenvalue weighted by molar-refractivity contribution is -0.139. The number of hydrogen-bond donors (Lipinski definition) is 1. The highest BCUT2D eigenvalue weighted by Crippen LogP contribution is 2.10. The fourth-order valence-corrected chi connectivity index (χ4v) is 2.03. The molecule has 0 saturated carbocycles. The van der Waals surface area contributed by atoms with Gasteiger partial charge in [-0.05, 0) is 11.1 Å². The van der Waals surface area contributed by atoms with Crippen molar-refractivity contribution in [2.45, 2.75) is 19.5 Å². The van der Waals surface area contributed by atoms with E-state index < -0.39 is 0 Å². The van der Waals surface area contributed by atoms with Gasteiger partial charge in [-0.1, -0.05) is 24.3 Å². The second-order valence-electron chi connectivity index (χ2n) is 4.65. The van der Waals surface area contributed by atoms with Crippen LogP contribution in [-0.2, 0) is 36.1 Å². The zero-order valence-electron chi connectivity index (χ0n) is 11.8. The fraction of sp³-hybridized carbons (Fsp3) is 0.333. The van der Waals surface area contributed by atoms with Gasteiger partial charge < -0.3 is 10.1 Å². The van der Waals surface area contributed by atoms with E-state index in [4.69, 9.17) is 4.74 Å². The smallest absolute Gasteiger partial charge is 0.309 e. The number of rotatable bonds is 6. The Morgan fingerprint density at radius 2 is 2.05 bits per heavy atom. The van der Waals surface area contributed by atoms with Gasteiger partial charge >= 0.3 is 5.97 Å². The highest BCUT2D eigenvalue weighted by Gasteiger charge is 2.07. The first-order valence-electron chi connectivity index (χ1n) is 6.51. The molecular formula is C15H19N3O2. The maximum atomic E-state index is 11.4. The van der Waals surface area contributed by atoms with Crippen molar-refractivity contribution >= 4 is 5.97 Å². The van der Waals surface area contributed by atoms with Crippen LogP contribution < -0.4 is 5.32 Å². The summed E-state index contributed by atoms with van der Waals surface area (Å²) in [7, 11) is 3.31. The molecule has 0 bridgehead atoms. The minimum atomic E-state index is -0.218. The van der Waals surface area contributed by atoms with Crippen molar-refractivity contribution in [3.8, 4) is 0 Å². The van der Waals surface area contributed by atoms with Crippen molar-refractivity contribution in [1.29, 1.82) is 0 Å². The lowest BCUT2D eigenvalue weighted by Crippen LogP contribution is -2.15. The van der Waals surface area contributed by atoms with Crippen molar-refractivity contribution in [3.05, 3.63) is 53.3 Å². The summed E-state index contributed by atoms with van der Waals surface area (Å²) in [6, 6.07) is 7.89. The third-order valence-corrected chi connectivity index (χ3v) is 3.08. The molecule has 5 heteroatoms. The molecule has 0 unspecified atom stereocenters. The summed E-state index contributed by atoms with van der Waals surface area (Å²) < 4.78 is 6.50. The summed E-state index contributed by atoms with van der Waals surface area (Å²) in [5.74, 6) is -0.218. The molecule has 0 aliphatic carbocycles. The van der Waals surface area contributed by atoms with Gasteiger partial charge in [-0.15, -0.1) is 0 Å². The van der Waals surface area contributed by atoms with Crippen LogP contribution >= 0.6 is 0 Å². The number of methoxy groups -OCH3 is 1. The van der Waals surface area contributed by atoms with Crippen LogP contribution in [0.25, 0.3) is 0 Å². The van der Waals surface area contributed by atoms with Gasteiger partial charge in [0.05, 0.1) is 19.7 Å². The van der Waals surface area contributed by atoms with Gasteiger partial charge in [0.2, 0.25) is 0 Å². The third kappa shape index (κ3) is 3.93. The summed E-state index contributed by atoms with van der Waals surface area (Å²) in [5.41, 5.74) is 3.25. The molecule has 0 fully saturated rings. The molecule has 0 atom stereocenters. The highest BCUT2D eigenvalue weighted by molar-refractivity contribution is 5.72. The quantitative estimate of drug-likeness (QED) is 0.809. The number of nitrogens with one attached hydrogen (secondary N) is 1. The van der Waals surface area contributed by atoms with E-state index in [2.05, 4.69) is 10.4 Å². The molecule has 0 amide bonds. The molecule has 0 saturated heterocycles. The molecule has 1 aromatic heterocycles. The molecule has 106 valence electrons. The van der Waals surface area contributed by atoms with Gasteiger partial charge in [-0.2, -0.15) is 5.10 Å². The Kier molecular flexibility index (Phi) is 4.90. The number of nitrogens with zero attached hydrogens (tertiary/aromatic N) is 2. The predicted octanol–water partition coefficient (Wildman–Crippen LogP) is 1.43. The Labute approximate surface area is 118 Å². The second kappa shape index (κ2) is 6.86. The van der Waals surface area contributed by atoms with Crippen LogP contribution in [-0.4, -0.2) is 22.9 Å². The minimum absolute atomic E-state index is 0.218. The van der Waals surface area contributed by atoms with Crippen molar-refractivity contribution in [2.24, 2.45) is 7.05 Å². The first-order chi connectivity index (χ1) is 9.69. The Balaban J connectivity index is 1.93. The minimum Gasteiger partial charge on any atom is -0.469 e. The zero-order chi connectivity index (χ0) is 14.4. The number of esters is 1. The molecule has 1 aromatic carbocycles. The van der Waals surface area contributed by atoms with Crippen LogP contribution in [0.5, 0.6) is 0 Å². The normalized spacial score (nSPS) is 10.5. The Bertz CT molecular complexity index is 578. The molecule has 0 radical (unpaired) electrons. The number of ether oxygens (including phenoxy) is 1. The van der Waals surface area contributed by atoms with Gasteiger partial charge in [0.15, 0.2) is 0 Å². The molecule has 2 aromatic rings. The Morgan fingerprint density at radius 3 is 2.70 bits per heavy atom. The maximum Gasteiger partial charge on any atom is 0.309 e. The largest absolute Gasteiger partial charge is 0.469 e. The van der Waals surface area contributed by atoms with Crippen molar-refractivity contribution in [2.75, 3.05) is 7.11 Å². The molecule has 2 rings (SSSR count). The standard InChI is InChI=1S/C15H19N3O2/c1-18-11-12(9-17-18)8-16-10-14-6-4-3-5-13(14)7-15(19)20-2/h3-6,9,11,16H,7-8,10H2,1-2H3.